The molecule has 1 saturated heterocycles. The lowest BCUT2D eigenvalue weighted by atomic mass is 9.81. The number of amides is 1. The fourth-order valence-electron chi connectivity index (χ4n) is 3.28. The van der Waals surface area contributed by atoms with Crippen molar-refractivity contribution in [1.82, 2.24) is 4.90 Å². The number of rotatable bonds is 2. The molecule has 1 amide bonds. The molecule has 0 N–H and O–H groups in total. The Morgan fingerprint density at radius 1 is 1.40 bits per heavy atom. The van der Waals surface area contributed by atoms with Gasteiger partial charge in [-0.1, -0.05) is 18.0 Å². The molecular weight excluding hydrogens is 282 g/mol. The second kappa shape index (κ2) is 5.43. The van der Waals surface area contributed by atoms with Gasteiger partial charge in [0.2, 0.25) is 0 Å². The molecule has 1 heterocycles. The van der Waals surface area contributed by atoms with Gasteiger partial charge < -0.3 is 14.4 Å². The van der Waals surface area contributed by atoms with Crippen molar-refractivity contribution in [1.29, 1.82) is 0 Å². The molecule has 20 heavy (non-hydrogen) atoms. The monoisotopic (exact) mass is 303 g/mol. The predicted octanol–water partition coefficient (Wildman–Crippen LogP) is 2.76. The Kier molecular flexibility index (Phi) is 4.19. The first-order valence-corrected chi connectivity index (χ1v) is 7.53. The number of alkyl halides is 1. The summed E-state index contributed by atoms with van der Waals surface area (Å²) in [5, 5.41) is 0. The number of esters is 1. The van der Waals surface area contributed by atoms with E-state index in [9.17, 15) is 9.59 Å². The molecule has 2 aliphatic rings. The highest BCUT2D eigenvalue weighted by molar-refractivity contribution is 6.17. The molecule has 0 aromatic carbocycles. The van der Waals surface area contributed by atoms with E-state index in [2.05, 4.69) is 0 Å². The van der Waals surface area contributed by atoms with Crippen LogP contribution in [0.5, 0.6) is 0 Å². The second-order valence-electron chi connectivity index (χ2n) is 6.65. The second-order valence-corrected chi connectivity index (χ2v) is 6.87. The standard InChI is InChI=1S/C14H22ClNO4/c1-13(2,3)20-12(18)16-7-10-5-4-6-14(10,8-16)11(17)19-9-15/h10H,4-9H2,1-3H3/t10-,14-/m0/s1. The van der Waals surface area contributed by atoms with Crippen molar-refractivity contribution in [2.45, 2.75) is 45.6 Å². The number of carbonyl (C=O) groups is 2. The van der Waals surface area contributed by atoms with Crippen LogP contribution >= 0.6 is 11.6 Å². The Balaban J connectivity index is 2.08. The zero-order valence-corrected chi connectivity index (χ0v) is 13.0. The molecule has 1 saturated carbocycles. The van der Waals surface area contributed by atoms with E-state index in [1.54, 1.807) is 4.90 Å². The van der Waals surface area contributed by atoms with Crippen molar-refractivity contribution in [2.75, 3.05) is 19.2 Å². The summed E-state index contributed by atoms with van der Waals surface area (Å²) in [7, 11) is 0. The summed E-state index contributed by atoms with van der Waals surface area (Å²) in [4.78, 5) is 26.0. The number of halogens is 1. The van der Waals surface area contributed by atoms with E-state index in [1.165, 1.54) is 0 Å². The van der Waals surface area contributed by atoms with E-state index in [4.69, 9.17) is 21.1 Å². The van der Waals surface area contributed by atoms with Crippen molar-refractivity contribution < 1.29 is 19.1 Å². The van der Waals surface area contributed by atoms with E-state index in [1.807, 2.05) is 20.8 Å². The van der Waals surface area contributed by atoms with E-state index in [0.29, 0.717) is 13.1 Å². The number of nitrogens with zero attached hydrogens (tertiary/aromatic N) is 1. The van der Waals surface area contributed by atoms with Gasteiger partial charge >= 0.3 is 12.1 Å². The molecule has 2 rings (SSSR count). The SMILES string of the molecule is CC(C)(C)OC(=O)N1C[C@@H]2CCC[C@]2(C(=O)OCCl)C1. The van der Waals surface area contributed by atoms with Crippen LogP contribution in [0.1, 0.15) is 40.0 Å². The number of hydrogen-bond donors (Lipinski definition) is 0. The average Bonchev–Trinajstić information content (AvgIpc) is 2.83. The molecule has 0 unspecified atom stereocenters. The number of hydrogen-bond acceptors (Lipinski definition) is 4. The number of ether oxygens (including phenoxy) is 2. The minimum absolute atomic E-state index is 0.139. The average molecular weight is 304 g/mol. The highest BCUT2D eigenvalue weighted by Crippen LogP contribution is 2.49. The van der Waals surface area contributed by atoms with Crippen LogP contribution in [0.25, 0.3) is 0 Å². The Labute approximate surface area is 124 Å². The molecule has 2 fully saturated rings. The molecule has 2 atom stereocenters. The maximum atomic E-state index is 12.2. The van der Waals surface area contributed by atoms with Gasteiger partial charge in [0, 0.05) is 13.1 Å². The van der Waals surface area contributed by atoms with Gasteiger partial charge in [-0.05, 0) is 39.5 Å². The Hall–Kier alpha value is -0.970. The van der Waals surface area contributed by atoms with E-state index < -0.39 is 11.0 Å². The van der Waals surface area contributed by atoms with Gasteiger partial charge in [-0.15, -0.1) is 0 Å². The Morgan fingerprint density at radius 3 is 2.70 bits per heavy atom. The van der Waals surface area contributed by atoms with Crippen molar-refractivity contribution >= 4 is 23.7 Å². The fourth-order valence-corrected chi connectivity index (χ4v) is 3.38. The highest BCUT2D eigenvalue weighted by Gasteiger charge is 2.57. The van der Waals surface area contributed by atoms with Gasteiger partial charge in [0.1, 0.15) is 5.60 Å². The van der Waals surface area contributed by atoms with Crippen LogP contribution in [0, 0.1) is 11.3 Å². The molecule has 0 bridgehead atoms. The summed E-state index contributed by atoms with van der Waals surface area (Å²) < 4.78 is 10.4. The molecule has 1 aliphatic heterocycles. The molecule has 0 spiro atoms. The molecule has 0 aromatic heterocycles. The topological polar surface area (TPSA) is 55.8 Å². The first kappa shape index (κ1) is 15.4. The van der Waals surface area contributed by atoms with Crippen LogP contribution in [0.4, 0.5) is 4.79 Å². The van der Waals surface area contributed by atoms with Gasteiger partial charge in [0.05, 0.1) is 5.41 Å². The maximum Gasteiger partial charge on any atom is 0.410 e. The van der Waals surface area contributed by atoms with Crippen LogP contribution in [0.2, 0.25) is 0 Å². The summed E-state index contributed by atoms with van der Waals surface area (Å²) in [6.45, 7) is 6.44. The van der Waals surface area contributed by atoms with Gasteiger partial charge in [0.25, 0.3) is 0 Å². The Bertz CT molecular complexity index is 406. The van der Waals surface area contributed by atoms with Crippen molar-refractivity contribution in [2.24, 2.45) is 11.3 Å². The van der Waals surface area contributed by atoms with E-state index >= 15 is 0 Å². The minimum Gasteiger partial charge on any atom is -0.449 e. The van der Waals surface area contributed by atoms with Crippen LogP contribution in [-0.2, 0) is 14.3 Å². The van der Waals surface area contributed by atoms with Crippen molar-refractivity contribution in [3.8, 4) is 0 Å². The lowest BCUT2D eigenvalue weighted by Crippen LogP contribution is -2.40. The van der Waals surface area contributed by atoms with Crippen molar-refractivity contribution in [3.63, 3.8) is 0 Å². The smallest absolute Gasteiger partial charge is 0.410 e. The third-order valence-corrected chi connectivity index (χ3v) is 4.22. The summed E-state index contributed by atoms with van der Waals surface area (Å²) in [6, 6.07) is -0.139. The number of carbonyl (C=O) groups excluding carboxylic acids is 2. The van der Waals surface area contributed by atoms with Gasteiger partial charge in [-0.2, -0.15) is 0 Å². The third kappa shape index (κ3) is 2.87. The number of fused-ring (bicyclic) bond motifs is 1. The van der Waals surface area contributed by atoms with E-state index in [0.717, 1.165) is 19.3 Å². The number of likely N-dealkylation sites (tertiary alicyclic amines) is 1. The van der Waals surface area contributed by atoms with Crippen molar-refractivity contribution in [3.05, 3.63) is 0 Å². The molecule has 0 radical (unpaired) electrons. The summed E-state index contributed by atoms with van der Waals surface area (Å²) in [6.07, 6.45) is 2.33. The quantitative estimate of drug-likeness (QED) is 0.581. The molecular formula is C14H22ClNO4. The third-order valence-electron chi connectivity index (χ3n) is 4.11. The first-order chi connectivity index (χ1) is 9.28. The van der Waals surface area contributed by atoms with Crippen LogP contribution in [0.3, 0.4) is 0 Å². The van der Waals surface area contributed by atoms with Crippen LogP contribution < -0.4 is 0 Å². The molecule has 6 heteroatoms. The van der Waals surface area contributed by atoms with Crippen LogP contribution in [-0.4, -0.2) is 41.7 Å². The highest BCUT2D eigenvalue weighted by atomic mass is 35.5. The van der Waals surface area contributed by atoms with E-state index in [-0.39, 0.29) is 24.0 Å². The Morgan fingerprint density at radius 2 is 2.10 bits per heavy atom. The minimum atomic E-state index is -0.578. The fraction of sp³-hybridized carbons (Fsp3) is 0.857. The summed E-state index contributed by atoms with van der Waals surface area (Å²) >= 11 is 5.50. The zero-order chi connectivity index (χ0) is 15.0. The maximum absolute atomic E-state index is 12.2. The predicted molar refractivity (Wildman–Crippen MR) is 74.4 cm³/mol. The molecule has 1 aliphatic carbocycles. The normalized spacial score (nSPS) is 29.2. The summed E-state index contributed by atoms with van der Waals surface area (Å²) in [5.41, 5.74) is -1.11. The summed E-state index contributed by atoms with van der Waals surface area (Å²) in [5.74, 6) is -0.119. The lowest BCUT2D eigenvalue weighted by Gasteiger charge is -2.27. The zero-order valence-electron chi connectivity index (χ0n) is 12.3. The first-order valence-electron chi connectivity index (χ1n) is 6.99. The van der Waals surface area contributed by atoms with Gasteiger partial charge in [-0.25, -0.2) is 4.79 Å². The largest absolute Gasteiger partial charge is 0.449 e. The lowest BCUT2D eigenvalue weighted by molar-refractivity contribution is -0.154. The molecule has 0 aromatic rings. The molecule has 114 valence electrons. The van der Waals surface area contributed by atoms with Gasteiger partial charge in [-0.3, -0.25) is 4.79 Å². The molecule has 5 nitrogen and oxygen atoms in total. The van der Waals surface area contributed by atoms with Gasteiger partial charge in [0.15, 0.2) is 6.07 Å². The van der Waals surface area contributed by atoms with Crippen LogP contribution in [0.15, 0.2) is 0 Å².